The molecule has 5 rings (SSSR count). The summed E-state index contributed by atoms with van der Waals surface area (Å²) in [6.45, 7) is 8.82. The second-order valence-corrected chi connectivity index (χ2v) is 17.2. The van der Waals surface area contributed by atoms with E-state index >= 15 is 0 Å². The van der Waals surface area contributed by atoms with Crippen LogP contribution in [0, 0.1) is 23.7 Å². The standard InChI is InChI=1S/C31H44O5Si/c1-29(2,3)37(23-13-7-5-8-14-23,24-15-9-6-10-16-24)35-20-26-25-17-11-12-22(25)18-31(34)27(19-32)36-30(4,21-33)28(26)31/h5-10,13-16,22,25-28,32-34H,11-12,17-21H2,1-4H3/t22-,25-,26+,27+,28-,30-,31-/m0/s1. The molecule has 0 unspecified atom stereocenters. The summed E-state index contributed by atoms with van der Waals surface area (Å²) in [7, 11) is -2.76. The van der Waals surface area contributed by atoms with E-state index in [1.54, 1.807) is 0 Å². The van der Waals surface area contributed by atoms with Crippen LogP contribution in [0.5, 0.6) is 0 Å². The lowest BCUT2D eigenvalue weighted by Gasteiger charge is -2.52. The van der Waals surface area contributed by atoms with E-state index in [0.717, 1.165) is 19.3 Å². The fourth-order valence-electron chi connectivity index (χ4n) is 8.39. The van der Waals surface area contributed by atoms with E-state index in [1.165, 1.54) is 10.4 Å². The van der Waals surface area contributed by atoms with Crippen LogP contribution in [-0.4, -0.2) is 60.8 Å². The zero-order valence-corrected chi connectivity index (χ0v) is 23.8. The minimum atomic E-state index is -2.76. The zero-order valence-electron chi connectivity index (χ0n) is 22.8. The van der Waals surface area contributed by atoms with Gasteiger partial charge in [-0.3, -0.25) is 0 Å². The van der Waals surface area contributed by atoms with E-state index in [2.05, 4.69) is 81.4 Å². The molecule has 1 saturated heterocycles. The van der Waals surface area contributed by atoms with Gasteiger partial charge >= 0.3 is 0 Å². The van der Waals surface area contributed by atoms with Crippen molar-refractivity contribution in [2.45, 2.75) is 75.7 Å². The second-order valence-electron chi connectivity index (χ2n) is 12.9. The fraction of sp³-hybridized carbons (Fsp3) is 0.613. The van der Waals surface area contributed by atoms with Gasteiger partial charge in [-0.05, 0) is 52.9 Å². The minimum absolute atomic E-state index is 0.0293. The Hall–Kier alpha value is -1.54. The Kier molecular flexibility index (Phi) is 7.23. The highest BCUT2D eigenvalue weighted by Gasteiger charge is 2.68. The molecule has 3 fully saturated rings. The number of fused-ring (bicyclic) bond motifs is 2. The largest absolute Gasteiger partial charge is 0.407 e. The van der Waals surface area contributed by atoms with Crippen molar-refractivity contribution in [3.05, 3.63) is 60.7 Å². The van der Waals surface area contributed by atoms with Crippen LogP contribution in [-0.2, 0) is 9.16 Å². The molecule has 37 heavy (non-hydrogen) atoms. The molecule has 0 radical (unpaired) electrons. The quantitative estimate of drug-likeness (QED) is 0.484. The van der Waals surface area contributed by atoms with Crippen LogP contribution in [0.3, 0.4) is 0 Å². The minimum Gasteiger partial charge on any atom is -0.407 e. The first-order chi connectivity index (χ1) is 17.6. The monoisotopic (exact) mass is 524 g/mol. The molecule has 6 heteroatoms. The maximum Gasteiger partial charge on any atom is 0.261 e. The Balaban J connectivity index is 1.60. The summed E-state index contributed by atoms with van der Waals surface area (Å²) in [5.74, 6) is 0.518. The highest BCUT2D eigenvalue weighted by atomic mass is 28.4. The number of benzene rings is 2. The maximum atomic E-state index is 12.1. The highest BCUT2D eigenvalue weighted by molar-refractivity contribution is 6.99. The predicted octanol–water partition coefficient (Wildman–Crippen LogP) is 3.49. The average Bonchev–Trinajstić information content (AvgIpc) is 3.44. The van der Waals surface area contributed by atoms with Crippen molar-refractivity contribution < 1.29 is 24.5 Å². The summed E-state index contributed by atoms with van der Waals surface area (Å²) in [4.78, 5) is 0. The van der Waals surface area contributed by atoms with E-state index in [4.69, 9.17) is 9.16 Å². The lowest BCUT2D eigenvalue weighted by molar-refractivity contribution is -0.130. The Morgan fingerprint density at radius 1 is 0.973 bits per heavy atom. The molecule has 1 aliphatic heterocycles. The van der Waals surface area contributed by atoms with Gasteiger partial charge in [0.1, 0.15) is 6.10 Å². The Labute approximate surface area is 223 Å². The first-order valence-electron chi connectivity index (χ1n) is 14.0. The van der Waals surface area contributed by atoms with Crippen molar-refractivity contribution in [3.63, 3.8) is 0 Å². The molecule has 3 N–H and O–H groups in total. The normalized spacial score (nSPS) is 35.8. The summed E-state index contributed by atoms with van der Waals surface area (Å²) in [6, 6.07) is 21.3. The third kappa shape index (κ3) is 4.25. The summed E-state index contributed by atoms with van der Waals surface area (Å²) in [5.41, 5.74) is -2.09. The molecular weight excluding hydrogens is 480 g/mol. The van der Waals surface area contributed by atoms with Crippen molar-refractivity contribution in [2.24, 2.45) is 23.7 Å². The van der Waals surface area contributed by atoms with Gasteiger partial charge in [0.15, 0.2) is 0 Å². The summed E-state index contributed by atoms with van der Waals surface area (Å²) >= 11 is 0. The molecule has 0 aromatic heterocycles. The first kappa shape index (κ1) is 27.0. The van der Waals surface area contributed by atoms with E-state index < -0.39 is 25.6 Å². The number of ether oxygens (including phenoxy) is 1. The molecule has 5 nitrogen and oxygen atoms in total. The van der Waals surface area contributed by atoms with Gasteiger partial charge in [0.05, 0.1) is 24.4 Å². The smallest absolute Gasteiger partial charge is 0.261 e. The van der Waals surface area contributed by atoms with Crippen molar-refractivity contribution in [3.8, 4) is 0 Å². The molecule has 0 spiro atoms. The molecule has 7 atom stereocenters. The molecule has 202 valence electrons. The molecule has 2 aromatic carbocycles. The van der Waals surface area contributed by atoms with E-state index in [9.17, 15) is 15.3 Å². The van der Waals surface area contributed by atoms with Gasteiger partial charge in [-0.1, -0.05) is 94.3 Å². The molecule has 0 amide bonds. The highest BCUT2D eigenvalue weighted by Crippen LogP contribution is 2.60. The third-order valence-corrected chi connectivity index (χ3v) is 14.8. The fourth-order valence-corrected chi connectivity index (χ4v) is 13.0. The summed E-state index contributed by atoms with van der Waals surface area (Å²) < 4.78 is 13.7. The summed E-state index contributed by atoms with van der Waals surface area (Å²) in [5, 5.41) is 35.2. The molecule has 3 aliphatic rings. The van der Waals surface area contributed by atoms with Gasteiger partial charge < -0.3 is 24.5 Å². The van der Waals surface area contributed by atoms with Crippen LogP contribution in [0.1, 0.15) is 53.4 Å². The summed E-state index contributed by atoms with van der Waals surface area (Å²) in [6.07, 6.45) is 3.28. The lowest BCUT2D eigenvalue weighted by atomic mass is 9.56. The lowest BCUT2D eigenvalue weighted by Crippen LogP contribution is -2.68. The topological polar surface area (TPSA) is 79.2 Å². The SMILES string of the molecule is CC(C)(C)[Si](OC[C@@H]1[C@H]2CCC[C@H]2C[C@@]2(O)[C@@H]1[C@](C)(CO)O[C@@H]2CO)(c1ccccc1)c1ccccc1. The molecular formula is C31H44O5Si. The van der Waals surface area contributed by atoms with Crippen LogP contribution in [0.15, 0.2) is 60.7 Å². The van der Waals surface area contributed by atoms with Gasteiger partial charge in [-0.2, -0.15) is 0 Å². The Morgan fingerprint density at radius 2 is 1.57 bits per heavy atom. The van der Waals surface area contributed by atoms with Gasteiger partial charge in [-0.25, -0.2) is 0 Å². The Bertz CT molecular complexity index is 1020. The predicted molar refractivity (Wildman–Crippen MR) is 148 cm³/mol. The van der Waals surface area contributed by atoms with Crippen LogP contribution in [0.4, 0.5) is 0 Å². The van der Waals surface area contributed by atoms with Gasteiger partial charge in [-0.15, -0.1) is 0 Å². The van der Waals surface area contributed by atoms with Crippen LogP contribution in [0.25, 0.3) is 0 Å². The molecule has 2 saturated carbocycles. The van der Waals surface area contributed by atoms with Crippen molar-refractivity contribution in [2.75, 3.05) is 19.8 Å². The van der Waals surface area contributed by atoms with Gasteiger partial charge in [0, 0.05) is 12.5 Å². The number of rotatable bonds is 7. The van der Waals surface area contributed by atoms with E-state index in [-0.39, 0.29) is 30.1 Å². The molecule has 1 heterocycles. The average molecular weight is 525 g/mol. The van der Waals surface area contributed by atoms with Crippen molar-refractivity contribution in [1.82, 2.24) is 0 Å². The van der Waals surface area contributed by atoms with Crippen LogP contribution < -0.4 is 10.4 Å². The zero-order chi connectivity index (χ0) is 26.5. The first-order valence-corrected chi connectivity index (χ1v) is 15.9. The second kappa shape index (κ2) is 9.89. The number of aliphatic hydroxyl groups is 3. The van der Waals surface area contributed by atoms with Crippen LogP contribution in [0.2, 0.25) is 5.04 Å². The van der Waals surface area contributed by atoms with Gasteiger partial charge in [0.25, 0.3) is 8.32 Å². The van der Waals surface area contributed by atoms with Crippen molar-refractivity contribution in [1.29, 1.82) is 0 Å². The van der Waals surface area contributed by atoms with Crippen LogP contribution >= 0.6 is 0 Å². The van der Waals surface area contributed by atoms with E-state index in [1.807, 2.05) is 6.92 Å². The van der Waals surface area contributed by atoms with E-state index in [0.29, 0.717) is 24.9 Å². The molecule has 2 aromatic rings. The third-order valence-electron chi connectivity index (χ3n) is 9.84. The number of hydrogen-bond donors (Lipinski definition) is 3. The maximum absolute atomic E-state index is 12.1. The molecule has 0 bridgehead atoms. The van der Waals surface area contributed by atoms with Gasteiger partial charge in [0.2, 0.25) is 0 Å². The number of aliphatic hydroxyl groups excluding tert-OH is 2. The van der Waals surface area contributed by atoms with Crippen molar-refractivity contribution >= 4 is 18.7 Å². The number of hydrogen-bond acceptors (Lipinski definition) is 5. The molecule has 2 aliphatic carbocycles. The Morgan fingerprint density at radius 3 is 2.08 bits per heavy atom.